The molecule has 1 aliphatic heterocycles. The van der Waals surface area contributed by atoms with Crippen molar-refractivity contribution in [3.63, 3.8) is 0 Å². The van der Waals surface area contributed by atoms with Crippen LogP contribution in [0.3, 0.4) is 0 Å². The molecule has 0 bridgehead atoms. The summed E-state index contributed by atoms with van der Waals surface area (Å²) in [6, 6.07) is 9.15. The van der Waals surface area contributed by atoms with Crippen LogP contribution in [0.25, 0.3) is 5.69 Å². The maximum absolute atomic E-state index is 13.4. The number of rotatable bonds is 8. The summed E-state index contributed by atoms with van der Waals surface area (Å²) in [4.78, 5) is 15.4. The second-order valence-electron chi connectivity index (χ2n) is 8.60. The van der Waals surface area contributed by atoms with E-state index in [0.717, 1.165) is 25.7 Å². The number of benzene rings is 1. The summed E-state index contributed by atoms with van der Waals surface area (Å²) in [5.41, 5.74) is 0.926. The number of halogens is 3. The summed E-state index contributed by atoms with van der Waals surface area (Å²) < 4.78 is 58.8. The van der Waals surface area contributed by atoms with Gasteiger partial charge >= 0.3 is 11.7 Å². The van der Waals surface area contributed by atoms with Crippen molar-refractivity contribution in [1.29, 1.82) is 0 Å². The lowest BCUT2D eigenvalue weighted by atomic mass is 10.2. The zero-order valence-electron chi connectivity index (χ0n) is 18.9. The van der Waals surface area contributed by atoms with E-state index in [2.05, 4.69) is 5.10 Å². The molecule has 0 spiro atoms. The number of piperazine rings is 1. The van der Waals surface area contributed by atoms with Gasteiger partial charge in [-0.15, -0.1) is 4.31 Å². The zero-order valence-corrected chi connectivity index (χ0v) is 19.7. The lowest BCUT2D eigenvalue weighted by molar-refractivity contribution is -0.134. The summed E-state index contributed by atoms with van der Waals surface area (Å²) in [5.74, 6) is 0.259. The summed E-state index contributed by atoms with van der Waals surface area (Å²) in [6.07, 6.45) is 0.240. The van der Waals surface area contributed by atoms with Gasteiger partial charge in [-0.05, 0) is 37.8 Å². The number of anilines is 1. The number of nitrogens with zero attached hydrogens (tertiary/aromatic N) is 4. The molecule has 0 amide bonds. The lowest BCUT2D eigenvalue weighted by Gasteiger charge is -2.36. The van der Waals surface area contributed by atoms with Crippen LogP contribution in [0.1, 0.15) is 38.5 Å². The minimum absolute atomic E-state index is 0.00969. The molecular weight excluding hydrogens is 469 g/mol. The number of para-hydroxylation sites is 1. The van der Waals surface area contributed by atoms with E-state index in [1.807, 2.05) is 23.1 Å². The first-order chi connectivity index (χ1) is 16.3. The van der Waals surface area contributed by atoms with E-state index >= 15 is 0 Å². The Bertz CT molecular complexity index is 991. The van der Waals surface area contributed by atoms with Crippen LogP contribution in [-0.4, -0.2) is 62.9 Å². The molecule has 2 fully saturated rings. The molecule has 1 saturated heterocycles. The third-order valence-electron chi connectivity index (χ3n) is 6.15. The van der Waals surface area contributed by atoms with Gasteiger partial charge in [-0.1, -0.05) is 18.2 Å². The van der Waals surface area contributed by atoms with Crippen molar-refractivity contribution < 1.29 is 22.5 Å². The topological polar surface area (TPSA) is 73.7 Å². The maximum atomic E-state index is 13.4. The minimum atomic E-state index is -4.23. The largest absolute Gasteiger partial charge is 0.598 e. The molecule has 34 heavy (non-hydrogen) atoms. The van der Waals surface area contributed by atoms with Gasteiger partial charge in [0.2, 0.25) is 5.75 Å². The molecule has 2 aliphatic rings. The molecule has 2 aromatic rings. The van der Waals surface area contributed by atoms with Crippen molar-refractivity contribution in [2.24, 2.45) is 0 Å². The molecule has 2 heterocycles. The van der Waals surface area contributed by atoms with Crippen LogP contribution in [-0.2, 0) is 11.4 Å². The molecule has 0 radical (unpaired) electrons. The van der Waals surface area contributed by atoms with E-state index in [1.165, 1.54) is 4.68 Å². The molecule has 1 aromatic heterocycles. The molecule has 7 nitrogen and oxygen atoms in total. The van der Waals surface area contributed by atoms with Crippen LogP contribution in [0.15, 0.2) is 41.3 Å². The highest BCUT2D eigenvalue weighted by atomic mass is 32.2. The number of hydrogen-bond acceptors (Lipinski definition) is 6. The van der Waals surface area contributed by atoms with E-state index in [9.17, 15) is 22.5 Å². The van der Waals surface area contributed by atoms with Gasteiger partial charge in [-0.25, -0.2) is 0 Å². The number of hydrogen-bond donors (Lipinski definition) is 0. The van der Waals surface area contributed by atoms with Crippen LogP contribution >= 0.6 is 0 Å². The number of ether oxygens (including phenoxy) is 1. The molecular formula is C23H29F3N4O3S. The van der Waals surface area contributed by atoms with Crippen molar-refractivity contribution in [2.45, 2.75) is 50.8 Å². The Kier molecular flexibility index (Phi) is 8.05. The Labute approximate surface area is 199 Å². The molecule has 1 atom stereocenters. The van der Waals surface area contributed by atoms with E-state index in [0.29, 0.717) is 37.6 Å². The van der Waals surface area contributed by atoms with Gasteiger partial charge in [0.25, 0.3) is 0 Å². The first-order valence-corrected chi connectivity index (χ1v) is 12.9. The monoisotopic (exact) mass is 498 g/mol. The normalized spacial score (nSPS) is 18.9. The summed E-state index contributed by atoms with van der Waals surface area (Å²) >= 11 is -1.46. The molecule has 1 aromatic carbocycles. The predicted molar refractivity (Wildman–Crippen MR) is 125 cm³/mol. The molecule has 0 N–H and O–H groups in total. The van der Waals surface area contributed by atoms with Gasteiger partial charge in [0, 0.05) is 37.3 Å². The predicted octanol–water partition coefficient (Wildman–Crippen LogP) is 3.68. The average Bonchev–Trinajstić information content (AvgIpc) is 3.33. The van der Waals surface area contributed by atoms with Gasteiger partial charge in [0.1, 0.15) is 11.4 Å². The minimum Gasteiger partial charge on any atom is -0.598 e. The molecule has 0 unspecified atom stereocenters. The Morgan fingerprint density at radius 1 is 1.09 bits per heavy atom. The summed E-state index contributed by atoms with van der Waals surface area (Å²) in [5, 5.41) is 4.38. The third-order valence-corrected chi connectivity index (χ3v) is 7.73. The van der Waals surface area contributed by atoms with Gasteiger partial charge in [0.15, 0.2) is 0 Å². The zero-order chi connectivity index (χ0) is 24.1. The Morgan fingerprint density at radius 2 is 1.76 bits per heavy atom. The fraction of sp³-hybridized carbons (Fsp3) is 0.565. The number of alkyl halides is 3. The average molecular weight is 499 g/mol. The Morgan fingerprint density at radius 3 is 2.41 bits per heavy atom. The quantitative estimate of drug-likeness (QED) is 0.517. The fourth-order valence-electron chi connectivity index (χ4n) is 4.35. The Balaban J connectivity index is 1.48. The van der Waals surface area contributed by atoms with Crippen molar-refractivity contribution in [3.8, 4) is 11.4 Å². The lowest BCUT2D eigenvalue weighted by Crippen LogP contribution is -2.49. The van der Waals surface area contributed by atoms with Gasteiger partial charge < -0.3 is 14.2 Å². The first kappa shape index (κ1) is 24.9. The van der Waals surface area contributed by atoms with Crippen molar-refractivity contribution in [3.05, 3.63) is 46.9 Å². The van der Waals surface area contributed by atoms with E-state index < -0.39 is 24.0 Å². The highest BCUT2D eigenvalue weighted by Gasteiger charge is 2.32. The SMILES string of the molecule is O=c1c(OC2CCCC2)c(N2CCN([S@+]([O-])CCCC(F)(F)F)CC2)cnn1-c1ccccc1. The maximum Gasteiger partial charge on any atom is 0.389 e. The highest BCUT2D eigenvalue weighted by molar-refractivity contribution is 7.89. The van der Waals surface area contributed by atoms with Crippen molar-refractivity contribution in [1.82, 2.24) is 14.1 Å². The smallest absolute Gasteiger partial charge is 0.389 e. The third kappa shape index (κ3) is 6.25. The van der Waals surface area contributed by atoms with E-state index in [4.69, 9.17) is 4.74 Å². The molecule has 1 saturated carbocycles. The van der Waals surface area contributed by atoms with Gasteiger partial charge in [-0.2, -0.15) is 23.0 Å². The van der Waals surface area contributed by atoms with Gasteiger partial charge in [-0.3, -0.25) is 4.79 Å². The fourth-order valence-corrected chi connectivity index (χ4v) is 5.57. The molecule has 186 valence electrons. The van der Waals surface area contributed by atoms with Crippen molar-refractivity contribution in [2.75, 3.05) is 36.8 Å². The van der Waals surface area contributed by atoms with E-state index in [-0.39, 0.29) is 29.6 Å². The first-order valence-electron chi connectivity index (χ1n) is 11.6. The van der Waals surface area contributed by atoms with Crippen LogP contribution in [0.2, 0.25) is 0 Å². The standard InChI is InChI=1S/C23H29F3N4O3S/c24-23(25,26)11-6-16-34(32)29-14-12-28(13-15-29)20-17-27-30(18-7-2-1-3-8-18)22(31)21(20)33-19-9-4-5-10-19/h1-3,7-8,17,19H,4-6,9-16H2/t34-/m1/s1. The van der Waals surface area contributed by atoms with Crippen LogP contribution in [0, 0.1) is 0 Å². The summed E-state index contributed by atoms with van der Waals surface area (Å²) in [7, 11) is 0. The second-order valence-corrected chi connectivity index (χ2v) is 10.2. The Hall–Kier alpha value is -2.24. The molecule has 4 rings (SSSR count). The molecule has 11 heteroatoms. The summed E-state index contributed by atoms with van der Waals surface area (Å²) in [6.45, 7) is 1.79. The van der Waals surface area contributed by atoms with E-state index in [1.54, 1.807) is 22.6 Å². The van der Waals surface area contributed by atoms with Crippen LogP contribution in [0.4, 0.5) is 18.9 Å². The van der Waals surface area contributed by atoms with Crippen LogP contribution in [0.5, 0.6) is 5.75 Å². The van der Waals surface area contributed by atoms with Crippen molar-refractivity contribution >= 4 is 17.0 Å². The van der Waals surface area contributed by atoms with Crippen LogP contribution < -0.4 is 15.2 Å². The number of aromatic nitrogens is 2. The second kappa shape index (κ2) is 11.0. The van der Waals surface area contributed by atoms with Gasteiger partial charge in [0.05, 0.1) is 31.1 Å². The highest BCUT2D eigenvalue weighted by Crippen LogP contribution is 2.30. The molecule has 1 aliphatic carbocycles.